The van der Waals surface area contributed by atoms with Gasteiger partial charge in [-0.3, -0.25) is 9.59 Å². The zero-order chi connectivity index (χ0) is 28.0. The van der Waals surface area contributed by atoms with Crippen LogP contribution in [0.4, 0.5) is 0 Å². The summed E-state index contributed by atoms with van der Waals surface area (Å²) in [6, 6.07) is 42.5. The van der Waals surface area contributed by atoms with Gasteiger partial charge in [-0.05, 0) is 52.9 Å². The molecule has 0 saturated carbocycles. The van der Waals surface area contributed by atoms with Gasteiger partial charge in [0, 0.05) is 28.8 Å². The Morgan fingerprint density at radius 1 is 0.756 bits per heavy atom. The fraction of sp³-hybridized carbons (Fsp3) is 0.167. The number of likely N-dealkylation sites (tertiary alicyclic amines) is 1. The molecule has 1 heterocycles. The zero-order valence-corrected chi connectivity index (χ0v) is 23.6. The fourth-order valence-electron chi connectivity index (χ4n) is 5.66. The Kier molecular flexibility index (Phi) is 8.15. The largest absolute Gasteiger partial charge is 0.341 e. The van der Waals surface area contributed by atoms with Crippen molar-refractivity contribution in [3.63, 3.8) is 0 Å². The Morgan fingerprint density at radius 3 is 2.12 bits per heavy atom. The quantitative estimate of drug-likeness (QED) is 0.204. The molecule has 0 aromatic heterocycles. The summed E-state index contributed by atoms with van der Waals surface area (Å²) in [7, 11) is 0. The van der Waals surface area contributed by atoms with Gasteiger partial charge in [0.2, 0.25) is 5.91 Å². The lowest BCUT2D eigenvalue weighted by Gasteiger charge is -2.23. The molecule has 2 amide bonds. The van der Waals surface area contributed by atoms with Crippen molar-refractivity contribution in [3.05, 3.63) is 144 Å². The van der Waals surface area contributed by atoms with Crippen LogP contribution in [0, 0.1) is 0 Å². The highest BCUT2D eigenvalue weighted by molar-refractivity contribution is 7.99. The molecule has 1 N–H and O–H groups in total. The zero-order valence-electron chi connectivity index (χ0n) is 22.8. The summed E-state index contributed by atoms with van der Waals surface area (Å²) in [6.07, 6.45) is 1.44. The van der Waals surface area contributed by atoms with Gasteiger partial charge in [-0.15, -0.1) is 0 Å². The van der Waals surface area contributed by atoms with Crippen molar-refractivity contribution in [1.29, 1.82) is 0 Å². The van der Waals surface area contributed by atoms with Crippen LogP contribution in [0.5, 0.6) is 0 Å². The van der Waals surface area contributed by atoms with Crippen molar-refractivity contribution in [2.45, 2.75) is 34.6 Å². The summed E-state index contributed by atoms with van der Waals surface area (Å²) in [5.41, 5.74) is 3.08. The highest BCUT2D eigenvalue weighted by Crippen LogP contribution is 2.35. The first kappa shape index (κ1) is 26.9. The van der Waals surface area contributed by atoms with Gasteiger partial charge in [-0.25, -0.2) is 0 Å². The van der Waals surface area contributed by atoms with Crippen molar-refractivity contribution >= 4 is 34.3 Å². The number of nitrogens with zero attached hydrogens (tertiary/aromatic N) is 1. The average molecular weight is 557 g/mol. The molecular formula is C36H32N2O2S. The van der Waals surface area contributed by atoms with E-state index in [1.165, 1.54) is 11.1 Å². The second kappa shape index (κ2) is 12.4. The van der Waals surface area contributed by atoms with Gasteiger partial charge in [-0.1, -0.05) is 121 Å². The number of hydrogen-bond donors (Lipinski definition) is 1. The molecule has 1 unspecified atom stereocenters. The van der Waals surface area contributed by atoms with Gasteiger partial charge >= 0.3 is 0 Å². The third-order valence-corrected chi connectivity index (χ3v) is 8.95. The molecule has 5 aromatic carbocycles. The summed E-state index contributed by atoms with van der Waals surface area (Å²) in [5.74, 6) is -0.00537. The standard InChI is InChI=1S/C36H32N2O2S/c39-35(31-19-9-10-20-34(31)41-33-21-11-17-28-16-7-8-18-30(28)33)37-32-23-25-38(36(32)40)24-22-29(26-12-3-1-4-13-26)27-14-5-2-6-15-27/h1-21,29,32H,22-25H2,(H,37,39). The van der Waals surface area contributed by atoms with Crippen LogP contribution in [0.2, 0.25) is 0 Å². The lowest BCUT2D eigenvalue weighted by molar-refractivity contribution is -0.129. The van der Waals surface area contributed by atoms with Crippen LogP contribution in [0.25, 0.3) is 10.8 Å². The van der Waals surface area contributed by atoms with E-state index in [-0.39, 0.29) is 17.7 Å². The first-order chi connectivity index (χ1) is 20.2. The van der Waals surface area contributed by atoms with Crippen molar-refractivity contribution in [2.24, 2.45) is 0 Å². The van der Waals surface area contributed by atoms with Gasteiger partial charge in [0.15, 0.2) is 0 Å². The molecule has 4 nitrogen and oxygen atoms in total. The van der Waals surface area contributed by atoms with Gasteiger partial charge in [0.1, 0.15) is 6.04 Å². The maximum Gasteiger partial charge on any atom is 0.253 e. The average Bonchev–Trinajstić information content (AvgIpc) is 3.37. The molecule has 5 aromatic rings. The number of rotatable bonds is 9. The first-order valence-corrected chi connectivity index (χ1v) is 14.9. The van der Waals surface area contributed by atoms with Crippen molar-refractivity contribution in [1.82, 2.24) is 10.2 Å². The Balaban J connectivity index is 1.13. The molecule has 0 bridgehead atoms. The van der Waals surface area contributed by atoms with Crippen LogP contribution in [0.15, 0.2) is 137 Å². The van der Waals surface area contributed by atoms with Crippen LogP contribution in [0.1, 0.15) is 40.2 Å². The number of benzene rings is 5. The lowest BCUT2D eigenvalue weighted by Crippen LogP contribution is -2.42. The molecular weight excluding hydrogens is 524 g/mol. The molecule has 0 aliphatic carbocycles. The number of amides is 2. The number of carbonyl (C=O) groups is 2. The van der Waals surface area contributed by atoms with Crippen LogP contribution in [-0.2, 0) is 4.79 Å². The monoisotopic (exact) mass is 556 g/mol. The van der Waals surface area contributed by atoms with E-state index in [2.05, 4.69) is 78.1 Å². The Hall–Kier alpha value is -4.35. The predicted octanol–water partition coefficient (Wildman–Crippen LogP) is 7.54. The highest BCUT2D eigenvalue weighted by Gasteiger charge is 2.33. The second-order valence-electron chi connectivity index (χ2n) is 10.4. The lowest BCUT2D eigenvalue weighted by atomic mass is 9.88. The molecule has 1 aliphatic heterocycles. The Bertz CT molecular complexity index is 1610. The summed E-state index contributed by atoms with van der Waals surface area (Å²) in [6.45, 7) is 1.29. The summed E-state index contributed by atoms with van der Waals surface area (Å²) in [5, 5.41) is 5.36. The normalized spacial score (nSPS) is 15.0. The van der Waals surface area contributed by atoms with E-state index in [0.717, 1.165) is 27.0 Å². The molecule has 41 heavy (non-hydrogen) atoms. The molecule has 1 aliphatic rings. The molecule has 1 saturated heterocycles. The van der Waals surface area contributed by atoms with Crippen LogP contribution >= 0.6 is 11.8 Å². The summed E-state index contributed by atoms with van der Waals surface area (Å²) < 4.78 is 0. The van der Waals surface area contributed by atoms with Crippen molar-refractivity contribution in [2.75, 3.05) is 13.1 Å². The minimum absolute atomic E-state index is 0.00240. The van der Waals surface area contributed by atoms with Crippen LogP contribution in [-0.4, -0.2) is 35.8 Å². The minimum atomic E-state index is -0.509. The molecule has 1 fully saturated rings. The predicted molar refractivity (Wildman–Crippen MR) is 166 cm³/mol. The molecule has 6 rings (SSSR count). The van der Waals surface area contributed by atoms with Crippen LogP contribution in [0.3, 0.4) is 0 Å². The second-order valence-corrected chi connectivity index (χ2v) is 11.5. The number of carbonyl (C=O) groups excluding carboxylic acids is 2. The number of hydrogen-bond acceptors (Lipinski definition) is 3. The Morgan fingerprint density at radius 2 is 1.37 bits per heavy atom. The minimum Gasteiger partial charge on any atom is -0.341 e. The third-order valence-electron chi connectivity index (χ3n) is 7.80. The highest BCUT2D eigenvalue weighted by atomic mass is 32.2. The SMILES string of the molecule is O=C(NC1CCN(CCC(c2ccccc2)c2ccccc2)C1=O)c1ccccc1Sc1cccc2ccccc12. The molecule has 0 spiro atoms. The van der Waals surface area contributed by atoms with E-state index in [1.807, 2.05) is 59.5 Å². The van der Waals surface area contributed by atoms with Gasteiger partial charge < -0.3 is 10.2 Å². The molecule has 204 valence electrons. The molecule has 5 heteroatoms. The number of nitrogens with one attached hydrogen (secondary N) is 1. The Labute approximate surface area is 245 Å². The van der Waals surface area contributed by atoms with E-state index < -0.39 is 6.04 Å². The van der Waals surface area contributed by atoms with E-state index >= 15 is 0 Å². The van der Waals surface area contributed by atoms with E-state index in [0.29, 0.717) is 25.1 Å². The first-order valence-electron chi connectivity index (χ1n) is 14.1. The topological polar surface area (TPSA) is 49.4 Å². The molecule has 0 radical (unpaired) electrons. The fourth-order valence-corrected chi connectivity index (χ4v) is 6.76. The van der Waals surface area contributed by atoms with Gasteiger partial charge in [-0.2, -0.15) is 0 Å². The summed E-state index contributed by atoms with van der Waals surface area (Å²) >= 11 is 1.58. The third kappa shape index (κ3) is 6.06. The maximum absolute atomic E-state index is 13.5. The van der Waals surface area contributed by atoms with E-state index in [1.54, 1.807) is 11.8 Å². The maximum atomic E-state index is 13.5. The van der Waals surface area contributed by atoms with E-state index in [4.69, 9.17) is 0 Å². The smallest absolute Gasteiger partial charge is 0.253 e. The van der Waals surface area contributed by atoms with Crippen molar-refractivity contribution < 1.29 is 9.59 Å². The van der Waals surface area contributed by atoms with Gasteiger partial charge in [0.25, 0.3) is 5.91 Å². The van der Waals surface area contributed by atoms with E-state index in [9.17, 15) is 9.59 Å². The van der Waals surface area contributed by atoms with Crippen molar-refractivity contribution in [3.8, 4) is 0 Å². The van der Waals surface area contributed by atoms with Crippen LogP contribution < -0.4 is 5.32 Å². The summed E-state index contributed by atoms with van der Waals surface area (Å²) in [4.78, 5) is 30.7. The number of fused-ring (bicyclic) bond motifs is 1. The van der Waals surface area contributed by atoms with Gasteiger partial charge in [0.05, 0.1) is 5.56 Å². The molecule has 1 atom stereocenters.